The van der Waals surface area contributed by atoms with Crippen molar-refractivity contribution in [1.29, 1.82) is 0 Å². The predicted molar refractivity (Wildman–Crippen MR) is 72.2 cm³/mol. The molecule has 5 heteroatoms. The normalized spacial score (nSPS) is 22.9. The number of esters is 1. The van der Waals surface area contributed by atoms with Crippen LogP contribution in [0.5, 0.6) is 0 Å². The fraction of sp³-hybridized carbons (Fsp3) is 0.571. The fourth-order valence-corrected chi connectivity index (χ4v) is 2.65. The highest BCUT2D eigenvalue weighted by atomic mass is 16.5. The molecule has 1 heterocycles. The summed E-state index contributed by atoms with van der Waals surface area (Å²) in [6, 6.07) is 3.41. The van der Waals surface area contributed by atoms with Gasteiger partial charge in [0.15, 0.2) is 0 Å². The summed E-state index contributed by atoms with van der Waals surface area (Å²) in [5.41, 5.74) is 0.435. The van der Waals surface area contributed by atoms with Gasteiger partial charge in [-0.1, -0.05) is 12.8 Å². The maximum Gasteiger partial charge on any atom is 0.341 e. The average Bonchev–Trinajstić information content (AvgIpc) is 2.46. The minimum absolute atomic E-state index is 0.00653. The lowest BCUT2D eigenvalue weighted by atomic mass is 9.91. The minimum Gasteiger partial charge on any atom is -0.465 e. The van der Waals surface area contributed by atoms with Gasteiger partial charge in [-0.2, -0.15) is 0 Å². The molecule has 0 spiro atoms. The van der Waals surface area contributed by atoms with E-state index in [-0.39, 0.29) is 12.1 Å². The van der Waals surface area contributed by atoms with Gasteiger partial charge in [-0.05, 0) is 25.0 Å². The number of ether oxygens (including phenoxy) is 1. The third-order valence-corrected chi connectivity index (χ3v) is 3.72. The quantitative estimate of drug-likeness (QED) is 0.840. The Hall–Kier alpha value is -1.62. The molecule has 0 aliphatic heterocycles. The highest BCUT2D eigenvalue weighted by molar-refractivity contribution is 5.94. The van der Waals surface area contributed by atoms with Crippen molar-refractivity contribution < 1.29 is 14.6 Å². The van der Waals surface area contributed by atoms with E-state index in [0.717, 1.165) is 25.7 Å². The minimum atomic E-state index is -0.403. The number of carbonyl (C=O) groups is 1. The van der Waals surface area contributed by atoms with Crippen molar-refractivity contribution in [1.82, 2.24) is 4.98 Å². The van der Waals surface area contributed by atoms with E-state index in [2.05, 4.69) is 4.98 Å². The second-order valence-corrected chi connectivity index (χ2v) is 4.90. The molecule has 5 nitrogen and oxygen atoms in total. The van der Waals surface area contributed by atoms with Gasteiger partial charge < -0.3 is 14.7 Å². The first kappa shape index (κ1) is 13.8. The van der Waals surface area contributed by atoms with Crippen molar-refractivity contribution in [2.24, 2.45) is 0 Å². The summed E-state index contributed by atoms with van der Waals surface area (Å²) >= 11 is 0. The van der Waals surface area contributed by atoms with Gasteiger partial charge in [-0.25, -0.2) is 9.78 Å². The lowest BCUT2D eigenvalue weighted by Crippen LogP contribution is -2.44. The van der Waals surface area contributed by atoms with Crippen LogP contribution < -0.4 is 4.90 Å². The molecular formula is C14H20N2O3. The zero-order valence-electron chi connectivity index (χ0n) is 11.4. The van der Waals surface area contributed by atoms with Crippen LogP contribution in [0.3, 0.4) is 0 Å². The molecule has 19 heavy (non-hydrogen) atoms. The third kappa shape index (κ3) is 2.87. The van der Waals surface area contributed by atoms with Crippen LogP contribution in [0.2, 0.25) is 0 Å². The van der Waals surface area contributed by atoms with E-state index in [9.17, 15) is 9.90 Å². The third-order valence-electron chi connectivity index (χ3n) is 3.72. The Kier molecular flexibility index (Phi) is 4.37. The van der Waals surface area contributed by atoms with Crippen molar-refractivity contribution in [2.45, 2.75) is 37.8 Å². The first-order chi connectivity index (χ1) is 9.15. The lowest BCUT2D eigenvalue weighted by molar-refractivity contribution is 0.0599. The Morgan fingerprint density at radius 2 is 2.21 bits per heavy atom. The number of hydrogen-bond donors (Lipinski definition) is 1. The zero-order valence-corrected chi connectivity index (χ0v) is 11.4. The number of aromatic nitrogens is 1. The summed E-state index contributed by atoms with van der Waals surface area (Å²) < 4.78 is 4.77. The van der Waals surface area contributed by atoms with Crippen molar-refractivity contribution in [3.8, 4) is 0 Å². The second kappa shape index (κ2) is 6.02. The van der Waals surface area contributed by atoms with Crippen LogP contribution in [-0.4, -0.2) is 42.4 Å². The molecule has 0 amide bonds. The first-order valence-electron chi connectivity index (χ1n) is 6.59. The number of pyridine rings is 1. The Bertz CT molecular complexity index is 450. The molecule has 1 fully saturated rings. The van der Waals surface area contributed by atoms with Gasteiger partial charge in [0, 0.05) is 13.2 Å². The number of aliphatic hydroxyl groups excluding tert-OH is 1. The van der Waals surface area contributed by atoms with Gasteiger partial charge >= 0.3 is 5.97 Å². The number of carbonyl (C=O) groups excluding carboxylic acids is 1. The monoisotopic (exact) mass is 264 g/mol. The largest absolute Gasteiger partial charge is 0.465 e. The standard InChI is InChI=1S/C14H20N2O3/c1-16(11-7-3-4-8-12(11)17)13-10(14(18)19-2)6-5-9-15-13/h5-6,9,11-12,17H,3-4,7-8H2,1-2H3. The molecule has 0 saturated heterocycles. The van der Waals surface area contributed by atoms with Crippen molar-refractivity contribution in [2.75, 3.05) is 19.1 Å². The Morgan fingerprint density at radius 1 is 1.47 bits per heavy atom. The molecule has 1 N–H and O–H groups in total. The van der Waals surface area contributed by atoms with Crippen LogP contribution in [-0.2, 0) is 4.74 Å². The Balaban J connectivity index is 2.27. The maximum atomic E-state index is 11.8. The SMILES string of the molecule is COC(=O)c1cccnc1N(C)C1CCCCC1O. The summed E-state index contributed by atoms with van der Waals surface area (Å²) in [5, 5.41) is 10.1. The Labute approximate surface area is 113 Å². The van der Waals surface area contributed by atoms with Gasteiger partial charge in [0.25, 0.3) is 0 Å². The summed E-state index contributed by atoms with van der Waals surface area (Å²) in [6.07, 6.45) is 5.13. The van der Waals surface area contributed by atoms with E-state index in [1.807, 2.05) is 11.9 Å². The molecule has 1 aromatic rings. The van der Waals surface area contributed by atoms with Gasteiger partial charge in [0.2, 0.25) is 0 Å². The molecule has 2 unspecified atom stereocenters. The number of hydrogen-bond acceptors (Lipinski definition) is 5. The summed E-state index contributed by atoms with van der Waals surface area (Å²) in [5.74, 6) is 0.167. The van der Waals surface area contributed by atoms with E-state index in [1.54, 1.807) is 18.3 Å². The number of nitrogens with zero attached hydrogens (tertiary/aromatic N) is 2. The van der Waals surface area contributed by atoms with Gasteiger partial charge in [0.1, 0.15) is 11.4 Å². The number of anilines is 1. The zero-order chi connectivity index (χ0) is 13.8. The Morgan fingerprint density at radius 3 is 2.89 bits per heavy atom. The molecule has 0 bridgehead atoms. The van der Waals surface area contributed by atoms with Crippen LogP contribution in [0.25, 0.3) is 0 Å². The van der Waals surface area contributed by atoms with Crippen molar-refractivity contribution in [3.63, 3.8) is 0 Å². The molecular weight excluding hydrogens is 244 g/mol. The van der Waals surface area contributed by atoms with Crippen molar-refractivity contribution >= 4 is 11.8 Å². The van der Waals surface area contributed by atoms with Gasteiger partial charge in [0.05, 0.1) is 19.3 Å². The van der Waals surface area contributed by atoms with Crippen LogP contribution in [0.15, 0.2) is 18.3 Å². The number of methoxy groups -OCH3 is 1. The summed E-state index contributed by atoms with van der Waals surface area (Å²) in [4.78, 5) is 17.9. The fourth-order valence-electron chi connectivity index (χ4n) is 2.65. The number of aliphatic hydroxyl groups is 1. The second-order valence-electron chi connectivity index (χ2n) is 4.90. The molecule has 2 rings (SSSR count). The lowest BCUT2D eigenvalue weighted by Gasteiger charge is -2.36. The molecule has 0 radical (unpaired) electrons. The number of likely N-dealkylation sites (N-methyl/N-ethyl adjacent to an activating group) is 1. The number of rotatable bonds is 3. The van der Waals surface area contributed by atoms with Crippen LogP contribution >= 0.6 is 0 Å². The molecule has 1 aromatic heterocycles. The molecule has 1 saturated carbocycles. The molecule has 1 aliphatic rings. The molecule has 104 valence electrons. The van der Waals surface area contributed by atoms with E-state index < -0.39 is 5.97 Å². The van der Waals surface area contributed by atoms with Gasteiger partial charge in [-0.15, -0.1) is 0 Å². The van der Waals surface area contributed by atoms with Crippen LogP contribution in [0.1, 0.15) is 36.0 Å². The highest BCUT2D eigenvalue weighted by Crippen LogP contribution is 2.27. The van der Waals surface area contributed by atoms with Crippen LogP contribution in [0.4, 0.5) is 5.82 Å². The van der Waals surface area contributed by atoms with E-state index in [0.29, 0.717) is 11.4 Å². The van der Waals surface area contributed by atoms with E-state index >= 15 is 0 Å². The first-order valence-corrected chi connectivity index (χ1v) is 6.59. The smallest absolute Gasteiger partial charge is 0.341 e. The van der Waals surface area contributed by atoms with E-state index in [1.165, 1.54) is 7.11 Å². The highest BCUT2D eigenvalue weighted by Gasteiger charge is 2.29. The average molecular weight is 264 g/mol. The predicted octanol–water partition coefficient (Wildman–Crippen LogP) is 1.61. The topological polar surface area (TPSA) is 62.7 Å². The van der Waals surface area contributed by atoms with Crippen molar-refractivity contribution in [3.05, 3.63) is 23.9 Å². The van der Waals surface area contributed by atoms with Gasteiger partial charge in [-0.3, -0.25) is 0 Å². The maximum absolute atomic E-state index is 11.8. The molecule has 2 atom stereocenters. The summed E-state index contributed by atoms with van der Waals surface area (Å²) in [6.45, 7) is 0. The summed E-state index contributed by atoms with van der Waals surface area (Å²) in [7, 11) is 3.22. The molecule has 0 aromatic carbocycles. The molecule has 1 aliphatic carbocycles. The van der Waals surface area contributed by atoms with Crippen LogP contribution in [0, 0.1) is 0 Å². The van der Waals surface area contributed by atoms with E-state index in [4.69, 9.17) is 4.74 Å².